The molecule has 0 amide bonds. The van der Waals surface area contributed by atoms with E-state index in [4.69, 9.17) is 0 Å². The molecule has 74 valence electrons. The van der Waals surface area contributed by atoms with Gasteiger partial charge in [-0.25, -0.2) is 0 Å². The number of unbranched alkanes of at least 4 members (excludes halogenated alkanes) is 3. The number of hydrogen-bond acceptors (Lipinski definition) is 1. The van der Waals surface area contributed by atoms with E-state index in [1.165, 1.54) is 42.4 Å². The molecule has 0 aromatic heterocycles. The fraction of sp³-hybridized carbons (Fsp3) is 0.500. The van der Waals surface area contributed by atoms with Crippen LogP contribution in [-0.4, -0.2) is 21.7 Å². The third-order valence-corrected chi connectivity index (χ3v) is 2.35. The molecule has 1 rings (SSSR count). The first-order valence-electron chi connectivity index (χ1n) is 5.32. The summed E-state index contributed by atoms with van der Waals surface area (Å²) in [6.07, 6.45) is 5.67. The zero-order chi connectivity index (χ0) is 10.6. The quantitative estimate of drug-likeness (QED) is 0.544. The molecule has 0 bridgehead atoms. The molecule has 0 aliphatic rings. The average Bonchev–Trinajstić information content (AvgIpc) is 2.21. The summed E-state index contributed by atoms with van der Waals surface area (Å²) in [4.78, 5) is 0. The van der Waals surface area contributed by atoms with Crippen molar-refractivity contribution in [2.24, 2.45) is 0 Å². The normalized spacial score (nSPS) is 9.07. The van der Waals surface area contributed by atoms with Crippen molar-refractivity contribution in [2.45, 2.75) is 37.2 Å². The molecule has 1 nitrogen and oxygen atoms in total. The van der Waals surface area contributed by atoms with Gasteiger partial charge in [0.05, 0.1) is 0 Å². The zero-order valence-electron chi connectivity index (χ0n) is 9.04. The molecule has 0 aliphatic heterocycles. The fourth-order valence-electron chi connectivity index (χ4n) is 1.02. The minimum absolute atomic E-state index is 0.0718. The van der Waals surface area contributed by atoms with E-state index in [1.807, 2.05) is 6.07 Å². The maximum Gasteiger partial charge on any atom is -0.0623 e. The predicted octanol–water partition coefficient (Wildman–Crippen LogP) is 2.91. The zero-order valence-corrected chi connectivity index (χ0v) is 10.5. The third kappa shape index (κ3) is 9.87. The van der Waals surface area contributed by atoms with Gasteiger partial charge in [-0.1, -0.05) is 30.3 Å². The number of hydrogen-bond donors (Lipinski definition) is 0. The van der Waals surface area contributed by atoms with E-state index in [0.717, 1.165) is 0 Å². The number of rotatable bonds is 4. The molecule has 14 heavy (non-hydrogen) atoms. The minimum Gasteiger partial charge on any atom is -0.872 e. The van der Waals surface area contributed by atoms with Crippen LogP contribution in [-0.2, 0) is 0 Å². The van der Waals surface area contributed by atoms with E-state index in [-0.39, 0.29) is 5.75 Å². The van der Waals surface area contributed by atoms with Gasteiger partial charge in [-0.15, -0.1) is 5.75 Å². The van der Waals surface area contributed by atoms with Crippen molar-refractivity contribution in [3.05, 3.63) is 30.3 Å². The maximum absolute atomic E-state index is 10.3. The molecule has 0 heterocycles. The molecule has 0 N–H and O–H groups in total. The van der Waals surface area contributed by atoms with Crippen LogP contribution in [0, 0.1) is 0 Å². The maximum atomic E-state index is 10.3. The van der Waals surface area contributed by atoms with Gasteiger partial charge in [-0.05, 0) is 0 Å². The van der Waals surface area contributed by atoms with Gasteiger partial charge in [0, 0.05) is 0 Å². The summed E-state index contributed by atoms with van der Waals surface area (Å²) < 4.78 is 1.39. The Hall–Kier alpha value is -0.214. The monoisotopic (exact) mass is 202 g/mol. The van der Waals surface area contributed by atoms with Gasteiger partial charge >= 0.3 is 58.9 Å². The Morgan fingerprint density at radius 2 is 1.71 bits per heavy atom. The van der Waals surface area contributed by atoms with Gasteiger partial charge in [0.2, 0.25) is 0 Å². The molecule has 0 aliphatic carbocycles. The van der Waals surface area contributed by atoms with Crippen LogP contribution in [0.15, 0.2) is 30.3 Å². The standard InChI is InChI=1S/C6H6O.C6H13.Mg/c7-6-4-2-1-3-5-6;1-3-5-6-4-2;/h1-5,7H;1,3-6H2,2H3;/q;;+1/p-1. The first-order chi connectivity index (χ1) is 6.81. The van der Waals surface area contributed by atoms with Crippen LogP contribution >= 0.6 is 0 Å². The second-order valence-electron chi connectivity index (χ2n) is 3.23. The van der Waals surface area contributed by atoms with Crippen molar-refractivity contribution < 1.29 is 5.11 Å². The van der Waals surface area contributed by atoms with Crippen molar-refractivity contribution in [3.8, 4) is 5.75 Å². The molecule has 0 radical (unpaired) electrons. The predicted molar refractivity (Wildman–Crippen MR) is 60.6 cm³/mol. The van der Waals surface area contributed by atoms with E-state index >= 15 is 0 Å². The molecular weight excluding hydrogens is 184 g/mol. The summed E-state index contributed by atoms with van der Waals surface area (Å²) >= 11 is 2.08. The van der Waals surface area contributed by atoms with Gasteiger partial charge in [0.1, 0.15) is 0 Å². The first kappa shape index (κ1) is 13.8. The molecule has 0 spiro atoms. The van der Waals surface area contributed by atoms with Crippen molar-refractivity contribution in [3.63, 3.8) is 0 Å². The van der Waals surface area contributed by atoms with Crippen LogP contribution in [0.5, 0.6) is 5.75 Å². The molecule has 0 saturated heterocycles. The largest absolute Gasteiger partial charge is 0.872 e. The number of benzene rings is 1. The fourth-order valence-corrected chi connectivity index (χ4v) is 1.38. The topological polar surface area (TPSA) is 23.1 Å². The molecule has 1 aromatic carbocycles. The summed E-state index contributed by atoms with van der Waals surface area (Å²) in [5, 5.41) is 10.3. The summed E-state index contributed by atoms with van der Waals surface area (Å²) in [5.41, 5.74) is 0. The van der Waals surface area contributed by atoms with E-state index in [2.05, 4.69) is 28.6 Å². The Balaban J connectivity index is 0.000000241. The molecule has 1 aromatic rings. The molecule has 0 fully saturated rings. The Morgan fingerprint density at radius 3 is 2.07 bits per heavy atom. The van der Waals surface area contributed by atoms with Crippen molar-refractivity contribution >= 4 is 21.7 Å². The van der Waals surface area contributed by atoms with Crippen LogP contribution in [0.3, 0.4) is 0 Å². The van der Waals surface area contributed by atoms with Crippen molar-refractivity contribution in [2.75, 3.05) is 0 Å². The summed E-state index contributed by atoms with van der Waals surface area (Å²) in [6.45, 7) is 2.25. The van der Waals surface area contributed by atoms with Gasteiger partial charge in [0.15, 0.2) is 0 Å². The molecule has 0 unspecified atom stereocenters. The Bertz CT molecular complexity index is 195. The van der Waals surface area contributed by atoms with Crippen LogP contribution in [0.2, 0.25) is 4.55 Å². The molecule has 2 heteroatoms. The summed E-state index contributed by atoms with van der Waals surface area (Å²) in [6, 6.07) is 8.33. The third-order valence-electron chi connectivity index (χ3n) is 1.85. The van der Waals surface area contributed by atoms with Crippen molar-refractivity contribution in [1.29, 1.82) is 0 Å². The van der Waals surface area contributed by atoms with Crippen LogP contribution in [0.4, 0.5) is 0 Å². The Kier molecular flexibility index (Phi) is 10.7. The van der Waals surface area contributed by atoms with E-state index in [1.54, 1.807) is 12.1 Å². The van der Waals surface area contributed by atoms with Crippen LogP contribution < -0.4 is 5.11 Å². The second-order valence-corrected chi connectivity index (χ2v) is 3.93. The number of para-hydroxylation sites is 1. The van der Waals surface area contributed by atoms with Gasteiger partial charge in [-0.3, -0.25) is 0 Å². The average molecular weight is 203 g/mol. The minimum atomic E-state index is 0.0718. The van der Waals surface area contributed by atoms with E-state index in [9.17, 15) is 5.11 Å². The smallest absolute Gasteiger partial charge is 0.0623 e. The van der Waals surface area contributed by atoms with Crippen LogP contribution in [0.1, 0.15) is 32.6 Å². The van der Waals surface area contributed by atoms with Crippen molar-refractivity contribution in [1.82, 2.24) is 0 Å². The van der Waals surface area contributed by atoms with E-state index in [0.29, 0.717) is 0 Å². The molecular formula is C12H18MgO. The first-order valence-corrected chi connectivity index (χ1v) is 6.32. The summed E-state index contributed by atoms with van der Waals surface area (Å²) in [5.74, 6) is 0.0718. The van der Waals surface area contributed by atoms with Gasteiger partial charge < -0.3 is 5.11 Å². The van der Waals surface area contributed by atoms with Gasteiger partial charge in [0.25, 0.3) is 0 Å². The SMILES string of the molecule is CCCCC[CH2][Mg+].[O-]c1ccccc1. The van der Waals surface area contributed by atoms with Gasteiger partial charge in [-0.2, -0.15) is 0 Å². The van der Waals surface area contributed by atoms with E-state index < -0.39 is 0 Å². The summed E-state index contributed by atoms with van der Waals surface area (Å²) in [7, 11) is 0. The molecule has 0 saturated carbocycles. The second kappa shape index (κ2) is 10.9. The van der Waals surface area contributed by atoms with Crippen LogP contribution in [0.25, 0.3) is 0 Å². The Labute approximate surface area is 100.0 Å². The Morgan fingerprint density at radius 1 is 1.07 bits per heavy atom. The molecule has 0 atom stereocenters.